The predicted molar refractivity (Wildman–Crippen MR) is 124 cm³/mol. The molecule has 0 unspecified atom stereocenters. The van der Waals surface area contributed by atoms with Crippen LogP contribution in [0.25, 0.3) is 6.08 Å². The van der Waals surface area contributed by atoms with Gasteiger partial charge in [0.2, 0.25) is 0 Å². The summed E-state index contributed by atoms with van der Waals surface area (Å²) in [6.07, 6.45) is 5.70. The Hall–Kier alpha value is -2.64. The molecule has 0 atom stereocenters. The van der Waals surface area contributed by atoms with E-state index in [0.717, 1.165) is 35.1 Å². The van der Waals surface area contributed by atoms with Crippen LogP contribution in [0.1, 0.15) is 38.2 Å². The first-order valence-electron chi connectivity index (χ1n) is 10.00. The summed E-state index contributed by atoms with van der Waals surface area (Å²) in [5, 5.41) is 2.58. The van der Waals surface area contributed by atoms with Gasteiger partial charge >= 0.3 is 6.03 Å². The van der Waals surface area contributed by atoms with E-state index in [2.05, 4.69) is 28.2 Å². The van der Waals surface area contributed by atoms with Crippen LogP contribution in [0.2, 0.25) is 5.02 Å². The number of hydrogen-bond donors (Lipinski definition) is 1. The molecular weight excluding hydrogens is 484 g/mol. The van der Waals surface area contributed by atoms with Gasteiger partial charge < -0.3 is 4.74 Å². The van der Waals surface area contributed by atoms with Gasteiger partial charge in [-0.15, -0.1) is 0 Å². The first-order valence-corrected chi connectivity index (χ1v) is 11.2. The first kappa shape index (κ1) is 23.0. The number of ether oxygens (including phenoxy) is 1. The lowest BCUT2D eigenvalue weighted by Crippen LogP contribution is -2.54. The van der Waals surface area contributed by atoms with E-state index in [0.29, 0.717) is 22.9 Å². The minimum atomic E-state index is -0.823. The molecule has 162 valence electrons. The number of imide groups is 2. The molecule has 1 heterocycles. The number of halogens is 2. The summed E-state index contributed by atoms with van der Waals surface area (Å²) < 4.78 is 6.66. The first-order chi connectivity index (χ1) is 14.9. The number of barbiturate groups is 1. The number of anilines is 1. The van der Waals surface area contributed by atoms with Gasteiger partial charge in [0.1, 0.15) is 11.3 Å². The molecule has 1 N–H and O–H groups in total. The van der Waals surface area contributed by atoms with Gasteiger partial charge in [-0.1, -0.05) is 59.8 Å². The second-order valence-corrected chi connectivity index (χ2v) is 8.38. The SMILES string of the molecule is CCCCCCOc1ccc(Br)cc1/C=C1\C(=O)NC(=O)N(c2cccc(Cl)c2)C1=O. The van der Waals surface area contributed by atoms with Crippen molar-refractivity contribution in [3.8, 4) is 5.75 Å². The van der Waals surface area contributed by atoms with Crippen molar-refractivity contribution < 1.29 is 19.1 Å². The number of urea groups is 1. The summed E-state index contributed by atoms with van der Waals surface area (Å²) in [4.78, 5) is 38.8. The monoisotopic (exact) mass is 504 g/mol. The van der Waals surface area contributed by atoms with Crippen molar-refractivity contribution in [2.24, 2.45) is 0 Å². The van der Waals surface area contributed by atoms with E-state index >= 15 is 0 Å². The number of rotatable bonds is 8. The standard InChI is InChI=1S/C23H22BrClN2O4/c1-2-3-4-5-11-31-20-10-9-16(24)12-15(20)13-19-21(28)26-23(30)27(22(19)29)18-8-6-7-17(25)14-18/h6-10,12-14H,2-5,11H2,1H3,(H,26,28,30)/b19-13+. The lowest BCUT2D eigenvalue weighted by molar-refractivity contribution is -0.122. The minimum Gasteiger partial charge on any atom is -0.493 e. The maximum absolute atomic E-state index is 13.1. The van der Waals surface area contributed by atoms with Gasteiger partial charge in [0.25, 0.3) is 11.8 Å². The maximum atomic E-state index is 13.1. The second-order valence-electron chi connectivity index (χ2n) is 7.03. The van der Waals surface area contributed by atoms with Gasteiger partial charge in [-0.25, -0.2) is 9.69 Å². The van der Waals surface area contributed by atoms with Crippen LogP contribution in [0.5, 0.6) is 5.75 Å². The molecule has 3 rings (SSSR count). The number of carbonyl (C=O) groups excluding carboxylic acids is 3. The third-order valence-corrected chi connectivity index (χ3v) is 5.42. The van der Waals surface area contributed by atoms with Crippen molar-refractivity contribution in [1.82, 2.24) is 5.32 Å². The average Bonchev–Trinajstić information content (AvgIpc) is 2.72. The topological polar surface area (TPSA) is 75.7 Å². The predicted octanol–water partition coefficient (Wildman–Crippen LogP) is 5.73. The Morgan fingerprint density at radius 1 is 1.10 bits per heavy atom. The third-order valence-electron chi connectivity index (χ3n) is 4.70. The largest absolute Gasteiger partial charge is 0.493 e. The Kier molecular flexibility index (Phi) is 7.87. The molecule has 2 aromatic carbocycles. The average molecular weight is 506 g/mol. The third kappa shape index (κ3) is 5.74. The highest BCUT2D eigenvalue weighted by atomic mass is 79.9. The quantitative estimate of drug-likeness (QED) is 0.282. The summed E-state index contributed by atoms with van der Waals surface area (Å²) in [5.41, 5.74) is 0.660. The number of nitrogens with one attached hydrogen (secondary N) is 1. The maximum Gasteiger partial charge on any atom is 0.335 e. The molecule has 0 spiro atoms. The minimum absolute atomic E-state index is 0.173. The molecule has 4 amide bonds. The number of carbonyl (C=O) groups is 3. The number of nitrogens with zero attached hydrogens (tertiary/aromatic N) is 1. The molecule has 8 heteroatoms. The van der Waals surface area contributed by atoms with Gasteiger partial charge in [-0.2, -0.15) is 0 Å². The Bertz CT molecular complexity index is 1040. The summed E-state index contributed by atoms with van der Waals surface area (Å²) in [7, 11) is 0. The van der Waals surface area contributed by atoms with E-state index in [1.165, 1.54) is 12.1 Å². The van der Waals surface area contributed by atoms with E-state index in [9.17, 15) is 14.4 Å². The molecular formula is C23H22BrClN2O4. The van der Waals surface area contributed by atoms with E-state index in [4.69, 9.17) is 16.3 Å². The summed E-state index contributed by atoms with van der Waals surface area (Å²) in [6.45, 7) is 2.68. The molecule has 6 nitrogen and oxygen atoms in total. The van der Waals surface area contributed by atoms with Crippen LogP contribution < -0.4 is 15.0 Å². The highest BCUT2D eigenvalue weighted by Crippen LogP contribution is 2.29. The molecule has 31 heavy (non-hydrogen) atoms. The zero-order chi connectivity index (χ0) is 22.4. The van der Waals surface area contributed by atoms with Crippen molar-refractivity contribution in [3.05, 3.63) is 63.1 Å². The lowest BCUT2D eigenvalue weighted by atomic mass is 10.1. The molecule has 0 bridgehead atoms. The fourth-order valence-electron chi connectivity index (χ4n) is 3.14. The second kappa shape index (κ2) is 10.6. The number of hydrogen-bond acceptors (Lipinski definition) is 4. The van der Waals surface area contributed by atoms with Crippen LogP contribution in [0.3, 0.4) is 0 Å². The van der Waals surface area contributed by atoms with E-state index in [1.807, 2.05) is 6.07 Å². The highest BCUT2D eigenvalue weighted by Gasteiger charge is 2.37. The smallest absolute Gasteiger partial charge is 0.335 e. The van der Waals surface area contributed by atoms with E-state index < -0.39 is 17.8 Å². The van der Waals surface area contributed by atoms with Crippen LogP contribution in [0.15, 0.2) is 52.5 Å². The Labute approximate surface area is 194 Å². The zero-order valence-electron chi connectivity index (χ0n) is 17.0. The van der Waals surface area contributed by atoms with Gasteiger partial charge in [0.15, 0.2) is 0 Å². The molecule has 1 saturated heterocycles. The highest BCUT2D eigenvalue weighted by molar-refractivity contribution is 9.10. The van der Waals surface area contributed by atoms with Crippen molar-refractivity contribution in [2.75, 3.05) is 11.5 Å². The zero-order valence-corrected chi connectivity index (χ0v) is 19.3. The molecule has 0 saturated carbocycles. The molecule has 1 aliphatic rings. The van der Waals surface area contributed by atoms with Crippen molar-refractivity contribution in [1.29, 1.82) is 0 Å². The summed E-state index contributed by atoms with van der Waals surface area (Å²) in [6, 6.07) is 10.8. The van der Waals surface area contributed by atoms with Gasteiger partial charge in [0.05, 0.1) is 12.3 Å². The van der Waals surface area contributed by atoms with E-state index in [1.54, 1.807) is 30.3 Å². The Morgan fingerprint density at radius 3 is 2.65 bits per heavy atom. The Balaban J connectivity index is 1.90. The molecule has 1 aliphatic heterocycles. The van der Waals surface area contributed by atoms with Crippen LogP contribution in [0, 0.1) is 0 Å². The van der Waals surface area contributed by atoms with Crippen LogP contribution in [0.4, 0.5) is 10.5 Å². The van der Waals surface area contributed by atoms with Crippen molar-refractivity contribution >= 4 is 57.1 Å². The van der Waals surface area contributed by atoms with Gasteiger partial charge in [-0.05, 0) is 48.9 Å². The molecule has 0 radical (unpaired) electrons. The summed E-state index contributed by atoms with van der Waals surface area (Å²) in [5.74, 6) is -0.939. The number of amides is 4. The van der Waals surface area contributed by atoms with Crippen molar-refractivity contribution in [3.63, 3.8) is 0 Å². The summed E-state index contributed by atoms with van der Waals surface area (Å²) >= 11 is 9.41. The fourth-order valence-corrected chi connectivity index (χ4v) is 3.70. The lowest BCUT2D eigenvalue weighted by Gasteiger charge is -2.26. The normalized spacial score (nSPS) is 15.4. The van der Waals surface area contributed by atoms with Crippen LogP contribution in [-0.4, -0.2) is 24.5 Å². The van der Waals surface area contributed by atoms with Gasteiger partial charge in [0, 0.05) is 15.1 Å². The van der Waals surface area contributed by atoms with Crippen LogP contribution in [-0.2, 0) is 9.59 Å². The number of unbranched alkanes of at least 4 members (excludes halogenated alkanes) is 3. The molecule has 0 aliphatic carbocycles. The molecule has 2 aromatic rings. The molecule has 1 fully saturated rings. The fraction of sp³-hybridized carbons (Fsp3) is 0.261. The Morgan fingerprint density at radius 2 is 1.90 bits per heavy atom. The molecule has 0 aromatic heterocycles. The van der Waals surface area contributed by atoms with Gasteiger partial charge in [-0.3, -0.25) is 14.9 Å². The van der Waals surface area contributed by atoms with E-state index in [-0.39, 0.29) is 11.3 Å². The van der Waals surface area contributed by atoms with Crippen molar-refractivity contribution in [2.45, 2.75) is 32.6 Å². The van der Waals surface area contributed by atoms with Crippen LogP contribution >= 0.6 is 27.5 Å². The number of benzene rings is 2.